The van der Waals surface area contributed by atoms with E-state index in [2.05, 4.69) is 40.3 Å². The van der Waals surface area contributed by atoms with E-state index in [0.29, 0.717) is 6.61 Å². The van der Waals surface area contributed by atoms with Crippen LogP contribution in [0.15, 0.2) is 22.7 Å². The van der Waals surface area contributed by atoms with Gasteiger partial charge in [0.2, 0.25) is 0 Å². The third-order valence-corrected chi connectivity index (χ3v) is 3.09. The van der Waals surface area contributed by atoms with Gasteiger partial charge in [-0.1, -0.05) is 6.07 Å². The van der Waals surface area contributed by atoms with E-state index in [-0.39, 0.29) is 0 Å². The molecule has 0 fully saturated rings. The van der Waals surface area contributed by atoms with Crippen LogP contribution in [0.2, 0.25) is 0 Å². The maximum absolute atomic E-state index is 5.68. The lowest BCUT2D eigenvalue weighted by molar-refractivity contribution is 0.144. The van der Waals surface area contributed by atoms with Crippen LogP contribution < -0.4 is 10.1 Å². The van der Waals surface area contributed by atoms with Gasteiger partial charge in [-0.3, -0.25) is 0 Å². The van der Waals surface area contributed by atoms with Crippen LogP contribution in [-0.2, 0) is 4.74 Å². The van der Waals surface area contributed by atoms with Crippen molar-refractivity contribution in [3.63, 3.8) is 0 Å². The molecule has 0 aromatic heterocycles. The average molecular weight is 316 g/mol. The Labute approximate surface area is 118 Å². The summed E-state index contributed by atoms with van der Waals surface area (Å²) >= 11 is 3.50. The number of nitrogens with one attached hydrogen (secondary N) is 1. The van der Waals surface area contributed by atoms with Crippen LogP contribution in [0.4, 0.5) is 0 Å². The maximum atomic E-state index is 5.68. The molecule has 0 aliphatic carbocycles. The number of rotatable bonds is 9. The van der Waals surface area contributed by atoms with Gasteiger partial charge in [0.25, 0.3) is 0 Å². The molecule has 3 nitrogen and oxygen atoms in total. The first-order valence-corrected chi connectivity index (χ1v) is 7.20. The molecule has 102 valence electrons. The number of halogens is 1. The predicted octanol–water partition coefficient (Wildman–Crippen LogP) is 3.15. The van der Waals surface area contributed by atoms with Crippen molar-refractivity contribution in [2.24, 2.45) is 0 Å². The summed E-state index contributed by atoms with van der Waals surface area (Å²) in [6, 6.07) is 6.11. The van der Waals surface area contributed by atoms with Gasteiger partial charge in [0, 0.05) is 19.8 Å². The molecule has 1 aromatic rings. The SMILES string of the molecule is CCOCCCNCCOc1ccc(C)cc1Br. The third kappa shape index (κ3) is 6.38. The van der Waals surface area contributed by atoms with Crippen molar-refractivity contribution in [1.82, 2.24) is 5.32 Å². The normalized spacial score (nSPS) is 10.6. The van der Waals surface area contributed by atoms with Crippen molar-refractivity contribution in [3.8, 4) is 5.75 Å². The van der Waals surface area contributed by atoms with Gasteiger partial charge in [0.05, 0.1) is 4.47 Å². The van der Waals surface area contributed by atoms with Crippen LogP contribution in [-0.4, -0.2) is 32.9 Å². The van der Waals surface area contributed by atoms with Crippen LogP contribution in [0.3, 0.4) is 0 Å². The highest BCUT2D eigenvalue weighted by Crippen LogP contribution is 2.25. The fourth-order valence-corrected chi connectivity index (χ4v) is 2.13. The number of hydrogen-bond acceptors (Lipinski definition) is 3. The second-order valence-electron chi connectivity index (χ2n) is 4.08. The molecule has 0 aliphatic heterocycles. The molecule has 1 aromatic carbocycles. The Morgan fingerprint density at radius 3 is 2.78 bits per heavy atom. The highest BCUT2D eigenvalue weighted by atomic mass is 79.9. The molecule has 1 N–H and O–H groups in total. The van der Waals surface area contributed by atoms with E-state index in [9.17, 15) is 0 Å². The molecule has 0 unspecified atom stereocenters. The summed E-state index contributed by atoms with van der Waals surface area (Å²) in [6.07, 6.45) is 1.04. The lowest BCUT2D eigenvalue weighted by Crippen LogP contribution is -2.23. The van der Waals surface area contributed by atoms with E-state index in [1.807, 2.05) is 13.0 Å². The number of benzene rings is 1. The molecule has 0 aliphatic rings. The fourth-order valence-electron chi connectivity index (χ4n) is 1.52. The summed E-state index contributed by atoms with van der Waals surface area (Å²) in [4.78, 5) is 0. The molecule has 0 heterocycles. The molecule has 0 saturated heterocycles. The summed E-state index contributed by atoms with van der Waals surface area (Å²) < 4.78 is 12.0. The molecule has 18 heavy (non-hydrogen) atoms. The summed E-state index contributed by atoms with van der Waals surface area (Å²) in [5.74, 6) is 0.900. The van der Waals surface area contributed by atoms with Gasteiger partial charge in [0.1, 0.15) is 12.4 Å². The van der Waals surface area contributed by atoms with Crippen molar-refractivity contribution in [3.05, 3.63) is 28.2 Å². The van der Waals surface area contributed by atoms with E-state index >= 15 is 0 Å². The first-order valence-electron chi connectivity index (χ1n) is 6.41. The number of aryl methyl sites for hydroxylation is 1. The minimum absolute atomic E-state index is 0.677. The lowest BCUT2D eigenvalue weighted by Gasteiger charge is -2.09. The summed E-state index contributed by atoms with van der Waals surface area (Å²) in [5, 5.41) is 3.33. The Bertz CT molecular complexity index is 345. The van der Waals surface area contributed by atoms with Gasteiger partial charge in [-0.25, -0.2) is 0 Å². The summed E-state index contributed by atoms with van der Waals surface area (Å²) in [7, 11) is 0. The van der Waals surface area contributed by atoms with Crippen LogP contribution in [0.1, 0.15) is 18.9 Å². The minimum Gasteiger partial charge on any atom is -0.491 e. The first-order chi connectivity index (χ1) is 8.74. The fraction of sp³-hybridized carbons (Fsp3) is 0.571. The average Bonchev–Trinajstić information content (AvgIpc) is 2.35. The first kappa shape index (κ1) is 15.5. The minimum atomic E-state index is 0.677. The molecule has 0 spiro atoms. The van der Waals surface area contributed by atoms with Crippen LogP contribution in [0.5, 0.6) is 5.75 Å². The Morgan fingerprint density at radius 2 is 2.06 bits per heavy atom. The van der Waals surface area contributed by atoms with E-state index in [1.54, 1.807) is 0 Å². The molecule has 0 radical (unpaired) electrons. The maximum Gasteiger partial charge on any atom is 0.133 e. The second-order valence-corrected chi connectivity index (χ2v) is 4.94. The summed E-state index contributed by atoms with van der Waals surface area (Å²) in [5.41, 5.74) is 1.23. The van der Waals surface area contributed by atoms with Crippen molar-refractivity contribution in [2.75, 3.05) is 32.9 Å². The van der Waals surface area contributed by atoms with Crippen molar-refractivity contribution >= 4 is 15.9 Å². The van der Waals surface area contributed by atoms with Gasteiger partial charge in [-0.15, -0.1) is 0 Å². The number of hydrogen-bond donors (Lipinski definition) is 1. The van der Waals surface area contributed by atoms with E-state index < -0.39 is 0 Å². The van der Waals surface area contributed by atoms with E-state index in [0.717, 1.165) is 42.9 Å². The Morgan fingerprint density at radius 1 is 1.22 bits per heavy atom. The zero-order valence-corrected chi connectivity index (χ0v) is 12.8. The lowest BCUT2D eigenvalue weighted by atomic mass is 10.2. The zero-order valence-electron chi connectivity index (χ0n) is 11.2. The molecule has 0 atom stereocenters. The smallest absolute Gasteiger partial charge is 0.133 e. The van der Waals surface area contributed by atoms with Gasteiger partial charge in [-0.05, 0) is 60.4 Å². The third-order valence-electron chi connectivity index (χ3n) is 2.47. The molecule has 1 rings (SSSR count). The largest absolute Gasteiger partial charge is 0.491 e. The monoisotopic (exact) mass is 315 g/mol. The Hall–Kier alpha value is -0.580. The van der Waals surface area contributed by atoms with Crippen LogP contribution >= 0.6 is 15.9 Å². The van der Waals surface area contributed by atoms with E-state index in [1.165, 1.54) is 5.56 Å². The van der Waals surface area contributed by atoms with Gasteiger partial charge in [-0.2, -0.15) is 0 Å². The molecule has 4 heteroatoms. The van der Waals surface area contributed by atoms with Gasteiger partial charge in [0.15, 0.2) is 0 Å². The molecule has 0 bridgehead atoms. The Balaban J connectivity index is 2.07. The van der Waals surface area contributed by atoms with Gasteiger partial charge >= 0.3 is 0 Å². The quantitative estimate of drug-likeness (QED) is 0.710. The van der Waals surface area contributed by atoms with E-state index in [4.69, 9.17) is 9.47 Å². The van der Waals surface area contributed by atoms with Crippen molar-refractivity contribution < 1.29 is 9.47 Å². The molecule has 0 saturated carbocycles. The zero-order chi connectivity index (χ0) is 13.2. The van der Waals surface area contributed by atoms with Gasteiger partial charge < -0.3 is 14.8 Å². The standard InChI is InChI=1S/C14H22BrNO2/c1-3-17-9-4-7-16-8-10-18-14-6-5-12(2)11-13(14)15/h5-6,11,16H,3-4,7-10H2,1-2H3. The number of ether oxygens (including phenoxy) is 2. The second kappa shape index (κ2) is 9.36. The highest BCUT2D eigenvalue weighted by molar-refractivity contribution is 9.10. The van der Waals surface area contributed by atoms with Crippen LogP contribution in [0.25, 0.3) is 0 Å². The topological polar surface area (TPSA) is 30.5 Å². The predicted molar refractivity (Wildman–Crippen MR) is 78.4 cm³/mol. The molecule has 0 amide bonds. The summed E-state index contributed by atoms with van der Waals surface area (Å²) in [6.45, 7) is 8.20. The molecular formula is C14H22BrNO2. The Kier molecular flexibility index (Phi) is 8.05. The highest BCUT2D eigenvalue weighted by Gasteiger charge is 2.00. The molecular weight excluding hydrogens is 294 g/mol. The van der Waals surface area contributed by atoms with Crippen LogP contribution in [0, 0.1) is 6.92 Å². The van der Waals surface area contributed by atoms with Crippen molar-refractivity contribution in [1.29, 1.82) is 0 Å². The van der Waals surface area contributed by atoms with Crippen molar-refractivity contribution in [2.45, 2.75) is 20.3 Å².